The van der Waals surface area contributed by atoms with Crippen LogP contribution in [0.4, 0.5) is 4.39 Å². The summed E-state index contributed by atoms with van der Waals surface area (Å²) in [6.45, 7) is 4.41. The van der Waals surface area contributed by atoms with Crippen LogP contribution >= 0.6 is 0 Å². The predicted molar refractivity (Wildman–Crippen MR) is 126 cm³/mol. The number of hydrogen-bond donors (Lipinski definition) is 3. The molecule has 2 amide bonds. The Morgan fingerprint density at radius 1 is 1.09 bits per heavy atom. The first kappa shape index (κ1) is 24.9. The van der Waals surface area contributed by atoms with Crippen LogP contribution in [0.25, 0.3) is 0 Å². The number of piperidine rings is 2. The second-order valence-electron chi connectivity index (χ2n) is 10.7. The number of nitrogens with one attached hydrogen (secondary N) is 3. The van der Waals surface area contributed by atoms with Crippen molar-refractivity contribution in [2.45, 2.75) is 88.6 Å². The summed E-state index contributed by atoms with van der Waals surface area (Å²) >= 11 is 0. The van der Waals surface area contributed by atoms with Crippen molar-refractivity contribution < 1.29 is 18.7 Å². The third kappa shape index (κ3) is 6.45. The number of alkyl halides is 1. The van der Waals surface area contributed by atoms with Crippen LogP contribution in [0.1, 0.15) is 64.2 Å². The Kier molecular flexibility index (Phi) is 8.99. The molecule has 1 aliphatic carbocycles. The number of nitrogens with zero attached hydrogens (tertiary/aromatic N) is 1. The summed E-state index contributed by atoms with van der Waals surface area (Å²) < 4.78 is 19.3. The summed E-state index contributed by atoms with van der Waals surface area (Å²) in [6, 6.07) is 0.470. The number of fused-ring (bicyclic) bond motifs is 1. The van der Waals surface area contributed by atoms with Crippen molar-refractivity contribution in [2.75, 3.05) is 39.8 Å². The summed E-state index contributed by atoms with van der Waals surface area (Å²) in [6.07, 6.45) is 7.70. The van der Waals surface area contributed by atoms with Gasteiger partial charge in [-0.2, -0.15) is 0 Å². The topological polar surface area (TPSA) is 82.7 Å². The number of likely N-dealkylation sites (tertiary alicyclic amines) is 1. The van der Waals surface area contributed by atoms with Gasteiger partial charge in [-0.15, -0.1) is 0 Å². The van der Waals surface area contributed by atoms with E-state index in [1.165, 1.54) is 0 Å². The van der Waals surface area contributed by atoms with Gasteiger partial charge in [0.15, 0.2) is 0 Å². The number of unbranched alkanes of at least 4 members (excludes halogenated alkanes) is 1. The molecular formula is C25H43FN4O3. The van der Waals surface area contributed by atoms with Crippen molar-refractivity contribution in [3.63, 3.8) is 0 Å². The van der Waals surface area contributed by atoms with Crippen LogP contribution in [0.2, 0.25) is 0 Å². The molecule has 6 atom stereocenters. The van der Waals surface area contributed by atoms with Gasteiger partial charge in [0.2, 0.25) is 11.8 Å². The molecule has 0 spiro atoms. The summed E-state index contributed by atoms with van der Waals surface area (Å²) in [5.74, 6) is 1.36. The average Bonchev–Trinajstić information content (AvgIpc) is 3.28. The van der Waals surface area contributed by atoms with Gasteiger partial charge in [-0.05, 0) is 76.3 Å². The monoisotopic (exact) mass is 466 g/mol. The largest absolute Gasteiger partial charge is 0.378 e. The average molecular weight is 467 g/mol. The SMILES string of the molecule is COC1CCC(C(=O)N2CCC(CCCCNC(=O)C3CC4CNCCC4N3)CC2)CC1F. The highest BCUT2D eigenvalue weighted by atomic mass is 19.1. The quantitative estimate of drug-likeness (QED) is 0.477. The molecule has 3 aliphatic heterocycles. The summed E-state index contributed by atoms with van der Waals surface area (Å²) in [5.41, 5.74) is 0. The highest BCUT2D eigenvalue weighted by Gasteiger charge is 2.38. The minimum atomic E-state index is -1.03. The molecule has 7 nitrogen and oxygen atoms in total. The minimum Gasteiger partial charge on any atom is -0.378 e. The highest BCUT2D eigenvalue weighted by molar-refractivity contribution is 5.82. The second-order valence-corrected chi connectivity index (χ2v) is 10.7. The molecule has 0 radical (unpaired) electrons. The maximum Gasteiger partial charge on any atom is 0.237 e. The molecule has 1 saturated carbocycles. The minimum absolute atomic E-state index is 0.0287. The zero-order valence-electron chi connectivity index (χ0n) is 20.2. The fraction of sp³-hybridized carbons (Fsp3) is 0.920. The summed E-state index contributed by atoms with van der Waals surface area (Å²) in [4.78, 5) is 27.3. The van der Waals surface area contributed by atoms with Crippen LogP contribution in [0.3, 0.4) is 0 Å². The van der Waals surface area contributed by atoms with Gasteiger partial charge in [0.1, 0.15) is 6.17 Å². The van der Waals surface area contributed by atoms with E-state index in [0.29, 0.717) is 30.7 Å². The van der Waals surface area contributed by atoms with Gasteiger partial charge in [0.05, 0.1) is 12.1 Å². The van der Waals surface area contributed by atoms with E-state index in [1.54, 1.807) is 7.11 Å². The first-order valence-corrected chi connectivity index (χ1v) is 13.2. The van der Waals surface area contributed by atoms with E-state index < -0.39 is 6.17 Å². The molecular weight excluding hydrogens is 423 g/mol. The van der Waals surface area contributed by atoms with E-state index in [9.17, 15) is 14.0 Å². The lowest BCUT2D eigenvalue weighted by atomic mass is 9.84. The van der Waals surface area contributed by atoms with E-state index in [0.717, 1.165) is 84.1 Å². The number of carbonyl (C=O) groups excluding carboxylic acids is 2. The lowest BCUT2D eigenvalue weighted by Crippen LogP contribution is -2.45. The lowest BCUT2D eigenvalue weighted by molar-refractivity contribution is -0.140. The Morgan fingerprint density at radius 3 is 2.64 bits per heavy atom. The number of amides is 2. The molecule has 3 heterocycles. The van der Waals surface area contributed by atoms with Gasteiger partial charge in [-0.25, -0.2) is 4.39 Å². The molecule has 4 fully saturated rings. The van der Waals surface area contributed by atoms with Crippen molar-refractivity contribution in [1.82, 2.24) is 20.9 Å². The van der Waals surface area contributed by atoms with Crippen molar-refractivity contribution >= 4 is 11.8 Å². The Labute approximate surface area is 197 Å². The van der Waals surface area contributed by atoms with Gasteiger partial charge >= 0.3 is 0 Å². The number of ether oxygens (including phenoxy) is 1. The zero-order valence-corrected chi connectivity index (χ0v) is 20.2. The number of carbonyl (C=O) groups is 2. The van der Waals surface area contributed by atoms with Crippen LogP contribution in [0.15, 0.2) is 0 Å². The Balaban J connectivity index is 1.06. The van der Waals surface area contributed by atoms with Crippen LogP contribution in [-0.2, 0) is 14.3 Å². The standard InChI is InChI=1S/C25H43FN4O3/c1-33-23-6-5-18(14-20(23)26)25(32)30-12-8-17(9-13-30)4-2-3-10-28-24(31)22-15-19-16-27-11-7-21(19)29-22/h17-23,27,29H,2-16H2,1H3,(H,28,31). The van der Waals surface area contributed by atoms with Crippen LogP contribution in [-0.4, -0.2) is 80.9 Å². The van der Waals surface area contributed by atoms with Gasteiger partial charge in [0.25, 0.3) is 0 Å². The molecule has 0 aromatic rings. The third-order valence-corrected chi connectivity index (χ3v) is 8.51. The van der Waals surface area contributed by atoms with Crippen molar-refractivity contribution in [2.24, 2.45) is 17.8 Å². The fourth-order valence-electron chi connectivity index (χ4n) is 6.37. The molecule has 33 heavy (non-hydrogen) atoms. The van der Waals surface area contributed by atoms with Crippen LogP contribution in [0.5, 0.6) is 0 Å². The molecule has 4 aliphatic rings. The van der Waals surface area contributed by atoms with Crippen molar-refractivity contribution in [3.8, 4) is 0 Å². The smallest absolute Gasteiger partial charge is 0.237 e. The molecule has 4 rings (SSSR count). The van der Waals surface area contributed by atoms with Gasteiger partial charge < -0.3 is 25.6 Å². The zero-order chi connectivity index (χ0) is 23.2. The van der Waals surface area contributed by atoms with Crippen molar-refractivity contribution in [1.29, 1.82) is 0 Å². The van der Waals surface area contributed by atoms with E-state index in [-0.39, 0.29) is 29.9 Å². The molecule has 8 heteroatoms. The predicted octanol–water partition coefficient (Wildman–Crippen LogP) is 2.00. The van der Waals surface area contributed by atoms with Crippen molar-refractivity contribution in [3.05, 3.63) is 0 Å². The number of rotatable bonds is 8. The third-order valence-electron chi connectivity index (χ3n) is 8.51. The van der Waals surface area contributed by atoms with E-state index in [4.69, 9.17) is 4.74 Å². The number of hydrogen-bond acceptors (Lipinski definition) is 5. The molecule has 3 N–H and O–H groups in total. The van der Waals surface area contributed by atoms with E-state index >= 15 is 0 Å². The highest BCUT2D eigenvalue weighted by Crippen LogP contribution is 2.31. The molecule has 0 aromatic heterocycles. The first-order valence-electron chi connectivity index (χ1n) is 13.2. The molecule has 6 unspecified atom stereocenters. The second kappa shape index (κ2) is 11.9. The maximum atomic E-state index is 14.2. The summed E-state index contributed by atoms with van der Waals surface area (Å²) in [5, 5.41) is 10.1. The summed E-state index contributed by atoms with van der Waals surface area (Å²) in [7, 11) is 1.55. The Hall–Kier alpha value is -1.25. The lowest BCUT2D eigenvalue weighted by Gasteiger charge is -2.37. The molecule has 0 bridgehead atoms. The van der Waals surface area contributed by atoms with E-state index in [2.05, 4.69) is 16.0 Å². The number of halogens is 1. The molecule has 0 aromatic carbocycles. The number of methoxy groups -OCH3 is 1. The normalized spacial score (nSPS) is 35.3. The molecule has 3 saturated heterocycles. The van der Waals surface area contributed by atoms with Gasteiger partial charge in [-0.1, -0.05) is 12.8 Å². The van der Waals surface area contributed by atoms with Crippen LogP contribution < -0.4 is 16.0 Å². The van der Waals surface area contributed by atoms with Gasteiger partial charge in [-0.3, -0.25) is 9.59 Å². The Bertz CT molecular complexity index is 644. The molecule has 188 valence electrons. The maximum absolute atomic E-state index is 14.2. The van der Waals surface area contributed by atoms with Crippen LogP contribution in [0, 0.1) is 17.8 Å². The van der Waals surface area contributed by atoms with Gasteiger partial charge in [0, 0.05) is 38.7 Å². The van der Waals surface area contributed by atoms with E-state index in [1.807, 2.05) is 4.90 Å². The Morgan fingerprint density at radius 2 is 1.91 bits per heavy atom. The first-order chi connectivity index (χ1) is 16.0. The fourth-order valence-corrected chi connectivity index (χ4v) is 6.37.